The first-order valence-corrected chi connectivity index (χ1v) is 5.93. The number of nitrogens with zero attached hydrogens (tertiary/aromatic N) is 1. The van der Waals surface area contributed by atoms with Crippen LogP contribution < -0.4 is 16.6 Å². The lowest BCUT2D eigenvalue weighted by atomic mass is 10.1. The largest absolute Gasteiger partial charge is 0.379 e. The molecule has 6 nitrogen and oxygen atoms in total. The van der Waals surface area contributed by atoms with Crippen molar-refractivity contribution in [2.75, 3.05) is 17.3 Å². The van der Waals surface area contributed by atoms with Gasteiger partial charge in [0.15, 0.2) is 0 Å². The number of rotatable bonds is 5. The van der Waals surface area contributed by atoms with Crippen LogP contribution in [0.2, 0.25) is 0 Å². The van der Waals surface area contributed by atoms with Gasteiger partial charge in [-0.1, -0.05) is 19.9 Å². The molecular weight excluding hydrogens is 232 g/mol. The van der Waals surface area contributed by atoms with E-state index in [1.807, 2.05) is 0 Å². The average molecular weight is 250 g/mol. The molecule has 1 aliphatic carbocycles. The summed E-state index contributed by atoms with van der Waals surface area (Å²) < 4.78 is 0. The van der Waals surface area contributed by atoms with Crippen molar-refractivity contribution in [1.82, 2.24) is 0 Å². The van der Waals surface area contributed by atoms with E-state index in [9.17, 15) is 10.1 Å². The number of hydrogen-bond acceptors (Lipinski definition) is 5. The average Bonchev–Trinajstić information content (AvgIpc) is 2.93. The summed E-state index contributed by atoms with van der Waals surface area (Å²) in [7, 11) is 0. The van der Waals surface area contributed by atoms with Crippen LogP contribution in [0.15, 0.2) is 18.2 Å². The second-order valence-electron chi connectivity index (χ2n) is 5.37. The SMILES string of the molecule is CC1(C)CC1CNc1cccc(NN)c1[N+](=O)[O-]. The highest BCUT2D eigenvalue weighted by atomic mass is 16.6. The summed E-state index contributed by atoms with van der Waals surface area (Å²) in [6.45, 7) is 5.15. The maximum absolute atomic E-state index is 11.1. The Bertz CT molecular complexity index is 473. The molecule has 0 radical (unpaired) electrons. The molecule has 1 aromatic carbocycles. The third kappa shape index (κ3) is 2.38. The number of nitro benzene ring substituents is 1. The first kappa shape index (κ1) is 12.6. The van der Waals surface area contributed by atoms with Crippen LogP contribution in [0.4, 0.5) is 17.1 Å². The van der Waals surface area contributed by atoms with Gasteiger partial charge in [0, 0.05) is 6.54 Å². The molecule has 1 aliphatic rings. The molecule has 0 spiro atoms. The number of anilines is 2. The number of benzene rings is 1. The smallest absolute Gasteiger partial charge is 0.316 e. The van der Waals surface area contributed by atoms with Crippen LogP contribution in [0.1, 0.15) is 20.3 Å². The van der Waals surface area contributed by atoms with Gasteiger partial charge in [-0.05, 0) is 29.9 Å². The Morgan fingerprint density at radius 1 is 1.50 bits per heavy atom. The van der Waals surface area contributed by atoms with E-state index in [1.54, 1.807) is 18.2 Å². The van der Waals surface area contributed by atoms with Crippen molar-refractivity contribution in [3.05, 3.63) is 28.3 Å². The molecule has 4 N–H and O–H groups in total. The number of nitrogens with one attached hydrogen (secondary N) is 2. The Labute approximate surface area is 106 Å². The standard InChI is InChI=1S/C12H18N4O2/c1-12(2)6-8(12)7-14-9-4-3-5-10(15-13)11(9)16(17)18/h3-5,8,14-15H,6-7,13H2,1-2H3. The van der Waals surface area contributed by atoms with E-state index in [4.69, 9.17) is 5.84 Å². The monoisotopic (exact) mass is 250 g/mol. The van der Waals surface area contributed by atoms with E-state index in [2.05, 4.69) is 24.6 Å². The Balaban J connectivity index is 2.14. The van der Waals surface area contributed by atoms with Crippen molar-refractivity contribution in [3.63, 3.8) is 0 Å². The number of hydrogen-bond donors (Lipinski definition) is 3. The third-order valence-corrected chi connectivity index (χ3v) is 3.63. The van der Waals surface area contributed by atoms with Gasteiger partial charge in [0.05, 0.1) is 4.92 Å². The predicted octanol–water partition coefficient (Wildman–Crippen LogP) is 2.34. The summed E-state index contributed by atoms with van der Waals surface area (Å²) in [4.78, 5) is 10.6. The molecule has 2 rings (SSSR count). The summed E-state index contributed by atoms with van der Waals surface area (Å²) in [6.07, 6.45) is 1.16. The minimum Gasteiger partial charge on any atom is -0.379 e. The Morgan fingerprint density at radius 2 is 2.11 bits per heavy atom. The molecule has 1 saturated carbocycles. The molecule has 1 aromatic rings. The van der Waals surface area contributed by atoms with Crippen molar-refractivity contribution < 1.29 is 4.92 Å². The molecular formula is C12H18N4O2. The zero-order valence-corrected chi connectivity index (χ0v) is 10.6. The fourth-order valence-corrected chi connectivity index (χ4v) is 2.16. The normalized spacial score (nSPS) is 20.3. The van der Waals surface area contributed by atoms with Gasteiger partial charge in [-0.25, -0.2) is 0 Å². The van der Waals surface area contributed by atoms with Crippen LogP contribution in [0.25, 0.3) is 0 Å². The first-order valence-electron chi connectivity index (χ1n) is 5.93. The van der Waals surface area contributed by atoms with Crippen molar-refractivity contribution in [2.45, 2.75) is 20.3 Å². The summed E-state index contributed by atoms with van der Waals surface area (Å²) in [6, 6.07) is 5.03. The van der Waals surface area contributed by atoms with Crippen molar-refractivity contribution in [2.24, 2.45) is 17.2 Å². The number of nitro groups is 1. The quantitative estimate of drug-likeness (QED) is 0.423. The van der Waals surface area contributed by atoms with Crippen LogP contribution in [-0.2, 0) is 0 Å². The van der Waals surface area contributed by atoms with Crippen LogP contribution >= 0.6 is 0 Å². The van der Waals surface area contributed by atoms with Gasteiger partial charge < -0.3 is 10.7 Å². The highest BCUT2D eigenvalue weighted by Gasteiger charge is 2.45. The van der Waals surface area contributed by atoms with Gasteiger partial charge >= 0.3 is 5.69 Å². The van der Waals surface area contributed by atoms with Crippen molar-refractivity contribution >= 4 is 17.1 Å². The summed E-state index contributed by atoms with van der Waals surface area (Å²) in [5, 5.41) is 14.2. The number of hydrazine groups is 1. The van der Waals surface area contributed by atoms with Gasteiger partial charge in [-0.3, -0.25) is 16.0 Å². The molecule has 98 valence electrons. The fraction of sp³-hybridized carbons (Fsp3) is 0.500. The molecule has 0 amide bonds. The van der Waals surface area contributed by atoms with Gasteiger partial charge in [-0.2, -0.15) is 0 Å². The van der Waals surface area contributed by atoms with Gasteiger partial charge in [0.2, 0.25) is 0 Å². The summed E-state index contributed by atoms with van der Waals surface area (Å²) in [5.41, 5.74) is 3.54. The Kier molecular flexibility index (Phi) is 3.13. The topological polar surface area (TPSA) is 93.2 Å². The lowest BCUT2D eigenvalue weighted by molar-refractivity contribution is -0.383. The summed E-state index contributed by atoms with van der Waals surface area (Å²) >= 11 is 0. The van der Waals surface area contributed by atoms with E-state index in [0.29, 0.717) is 22.7 Å². The predicted molar refractivity (Wildman–Crippen MR) is 71.3 cm³/mol. The summed E-state index contributed by atoms with van der Waals surface area (Å²) in [5.74, 6) is 5.86. The fourth-order valence-electron chi connectivity index (χ4n) is 2.16. The van der Waals surface area contributed by atoms with E-state index in [1.165, 1.54) is 0 Å². The van der Waals surface area contributed by atoms with Crippen molar-refractivity contribution in [1.29, 1.82) is 0 Å². The zero-order valence-electron chi connectivity index (χ0n) is 10.6. The van der Waals surface area contributed by atoms with Gasteiger partial charge in [0.1, 0.15) is 11.4 Å². The number of para-hydroxylation sites is 1. The number of nitrogen functional groups attached to an aromatic ring is 1. The Morgan fingerprint density at radius 3 is 2.61 bits per heavy atom. The zero-order chi connectivity index (χ0) is 13.3. The van der Waals surface area contributed by atoms with Crippen LogP contribution in [0.3, 0.4) is 0 Å². The van der Waals surface area contributed by atoms with Crippen molar-refractivity contribution in [3.8, 4) is 0 Å². The molecule has 1 atom stereocenters. The van der Waals surface area contributed by atoms with E-state index >= 15 is 0 Å². The van der Waals surface area contributed by atoms with E-state index < -0.39 is 4.92 Å². The van der Waals surface area contributed by atoms with Crippen LogP contribution in [0.5, 0.6) is 0 Å². The maximum atomic E-state index is 11.1. The van der Waals surface area contributed by atoms with Gasteiger partial charge in [0.25, 0.3) is 0 Å². The molecule has 0 bridgehead atoms. The molecule has 1 unspecified atom stereocenters. The second kappa shape index (κ2) is 4.45. The lowest BCUT2D eigenvalue weighted by Gasteiger charge is -2.10. The highest BCUT2D eigenvalue weighted by molar-refractivity contribution is 5.75. The minimum absolute atomic E-state index is 0.00143. The van der Waals surface area contributed by atoms with E-state index in [0.717, 1.165) is 13.0 Å². The molecule has 18 heavy (non-hydrogen) atoms. The first-order chi connectivity index (χ1) is 8.45. The van der Waals surface area contributed by atoms with Gasteiger partial charge in [-0.15, -0.1) is 0 Å². The third-order valence-electron chi connectivity index (χ3n) is 3.63. The second-order valence-corrected chi connectivity index (χ2v) is 5.37. The maximum Gasteiger partial charge on any atom is 0.316 e. The van der Waals surface area contributed by atoms with Crippen LogP contribution in [-0.4, -0.2) is 11.5 Å². The van der Waals surface area contributed by atoms with E-state index in [-0.39, 0.29) is 5.69 Å². The number of nitrogens with two attached hydrogens (primary N) is 1. The molecule has 6 heteroatoms. The minimum atomic E-state index is -0.421. The molecule has 0 heterocycles. The molecule has 0 aromatic heterocycles. The molecule has 1 fully saturated rings. The Hall–Kier alpha value is -1.82. The molecule has 0 saturated heterocycles. The highest BCUT2D eigenvalue weighted by Crippen LogP contribution is 2.51. The lowest BCUT2D eigenvalue weighted by Crippen LogP contribution is -2.12. The molecule has 0 aliphatic heterocycles. The van der Waals surface area contributed by atoms with Crippen LogP contribution in [0, 0.1) is 21.4 Å².